The third-order valence-electron chi connectivity index (χ3n) is 1.85. The van der Waals surface area contributed by atoms with Crippen LogP contribution in [0.25, 0.3) is 0 Å². The minimum Gasteiger partial charge on any atom is -0.325 e. The van der Waals surface area contributed by atoms with Crippen LogP contribution in [0.3, 0.4) is 0 Å². The summed E-state index contributed by atoms with van der Waals surface area (Å²) in [6.45, 7) is 1.43. The van der Waals surface area contributed by atoms with E-state index in [-0.39, 0.29) is 10.2 Å². The van der Waals surface area contributed by atoms with Crippen molar-refractivity contribution in [2.24, 2.45) is 0 Å². The molecule has 1 aromatic carbocycles. The summed E-state index contributed by atoms with van der Waals surface area (Å²) in [5.41, 5.74) is -0.798. The molecule has 1 aromatic rings. The molecule has 94 valence electrons. The maximum atomic E-state index is 12.5. The lowest BCUT2D eigenvalue weighted by Gasteiger charge is -2.11. The number of hydrogen-bond acceptors (Lipinski definition) is 1. The van der Waals surface area contributed by atoms with Gasteiger partial charge in [0.15, 0.2) is 0 Å². The zero-order chi connectivity index (χ0) is 13.2. The minimum atomic E-state index is -4.46. The van der Waals surface area contributed by atoms with E-state index in [1.54, 1.807) is 0 Å². The molecule has 0 heterocycles. The molecule has 0 saturated heterocycles. The molecule has 0 radical (unpaired) electrons. The predicted molar refractivity (Wildman–Crippen MR) is 63.1 cm³/mol. The minimum absolute atomic E-state index is 0.0456. The fourth-order valence-corrected chi connectivity index (χ4v) is 1.61. The van der Waals surface area contributed by atoms with Gasteiger partial charge in [-0.2, -0.15) is 13.2 Å². The maximum Gasteiger partial charge on any atom is 0.416 e. The first kappa shape index (κ1) is 14.3. The highest BCUT2D eigenvalue weighted by molar-refractivity contribution is 9.10. The van der Waals surface area contributed by atoms with E-state index >= 15 is 0 Å². The number of amides is 1. The summed E-state index contributed by atoms with van der Waals surface area (Å²) in [5.74, 6) is -0.558. The van der Waals surface area contributed by atoms with E-state index in [0.717, 1.165) is 12.1 Å². The number of benzene rings is 1. The average molecular weight is 331 g/mol. The van der Waals surface area contributed by atoms with Gasteiger partial charge in [-0.05, 0) is 25.1 Å². The highest BCUT2D eigenvalue weighted by Gasteiger charge is 2.31. The van der Waals surface area contributed by atoms with E-state index in [1.807, 2.05) is 0 Å². The molecule has 1 atom stereocenters. The van der Waals surface area contributed by atoms with Gasteiger partial charge < -0.3 is 5.32 Å². The van der Waals surface area contributed by atoms with Gasteiger partial charge in [-0.25, -0.2) is 0 Å². The van der Waals surface area contributed by atoms with Crippen LogP contribution >= 0.6 is 27.5 Å². The van der Waals surface area contributed by atoms with Crippen molar-refractivity contribution in [2.45, 2.75) is 18.5 Å². The molecule has 1 unspecified atom stereocenters. The van der Waals surface area contributed by atoms with Crippen LogP contribution < -0.4 is 5.32 Å². The molecule has 0 bridgehead atoms. The Hall–Kier alpha value is -0.750. The molecule has 0 spiro atoms. The third kappa shape index (κ3) is 4.20. The van der Waals surface area contributed by atoms with Gasteiger partial charge in [-0.3, -0.25) is 4.79 Å². The van der Waals surface area contributed by atoms with Crippen molar-refractivity contribution in [1.29, 1.82) is 0 Å². The monoisotopic (exact) mass is 329 g/mol. The van der Waals surface area contributed by atoms with Crippen molar-refractivity contribution in [2.75, 3.05) is 5.32 Å². The van der Waals surface area contributed by atoms with Gasteiger partial charge in [0.25, 0.3) is 0 Å². The summed E-state index contributed by atoms with van der Waals surface area (Å²) in [6, 6.07) is 3.15. The molecule has 0 aromatic heterocycles. The second-order valence-electron chi connectivity index (χ2n) is 3.33. The molecule has 0 fully saturated rings. The van der Waals surface area contributed by atoms with E-state index in [1.165, 1.54) is 13.0 Å². The van der Waals surface area contributed by atoms with Crippen molar-refractivity contribution in [1.82, 2.24) is 0 Å². The quantitative estimate of drug-likeness (QED) is 0.815. The molecule has 1 amide bonds. The Morgan fingerprint density at radius 3 is 2.47 bits per heavy atom. The highest BCUT2D eigenvalue weighted by Crippen LogP contribution is 2.33. The first-order valence-electron chi connectivity index (χ1n) is 4.53. The Balaban J connectivity index is 3.02. The Morgan fingerprint density at radius 2 is 2.00 bits per heavy atom. The largest absolute Gasteiger partial charge is 0.416 e. The van der Waals surface area contributed by atoms with Gasteiger partial charge >= 0.3 is 6.18 Å². The van der Waals surface area contributed by atoms with E-state index in [2.05, 4.69) is 21.2 Å². The van der Waals surface area contributed by atoms with Crippen LogP contribution in [0, 0.1) is 0 Å². The number of carbonyl (C=O) groups excluding carboxylic acids is 1. The lowest BCUT2D eigenvalue weighted by Crippen LogP contribution is -2.20. The molecule has 1 rings (SSSR count). The topological polar surface area (TPSA) is 29.1 Å². The lowest BCUT2D eigenvalue weighted by molar-refractivity contribution is -0.137. The van der Waals surface area contributed by atoms with Crippen LogP contribution in [0.2, 0.25) is 0 Å². The summed E-state index contributed by atoms with van der Waals surface area (Å²) in [6.07, 6.45) is -4.46. The molecular weight excluding hydrogens is 322 g/mol. The molecule has 1 N–H and O–H groups in total. The average Bonchev–Trinajstić information content (AvgIpc) is 2.15. The van der Waals surface area contributed by atoms with Crippen LogP contribution in [0.4, 0.5) is 18.9 Å². The summed E-state index contributed by atoms with van der Waals surface area (Å²) in [4.78, 5) is 11.2. The zero-order valence-corrected chi connectivity index (χ0v) is 10.9. The molecule has 0 aliphatic carbocycles. The van der Waals surface area contributed by atoms with Gasteiger partial charge in [0.05, 0.1) is 5.56 Å². The number of rotatable bonds is 2. The molecule has 0 aliphatic rings. The molecule has 17 heavy (non-hydrogen) atoms. The van der Waals surface area contributed by atoms with Crippen molar-refractivity contribution in [3.8, 4) is 0 Å². The Kier molecular flexibility index (Phi) is 4.43. The van der Waals surface area contributed by atoms with E-state index < -0.39 is 23.0 Å². The fourth-order valence-electron chi connectivity index (χ4n) is 1.07. The van der Waals surface area contributed by atoms with Gasteiger partial charge in [0.2, 0.25) is 5.91 Å². The zero-order valence-electron chi connectivity index (χ0n) is 8.61. The Labute approximate surface area is 109 Å². The van der Waals surface area contributed by atoms with Crippen LogP contribution in [0.5, 0.6) is 0 Å². The van der Waals surface area contributed by atoms with Gasteiger partial charge in [0.1, 0.15) is 5.38 Å². The number of carbonyl (C=O) groups is 1. The number of nitrogens with one attached hydrogen (secondary N) is 1. The van der Waals surface area contributed by atoms with Crippen LogP contribution in [-0.4, -0.2) is 11.3 Å². The van der Waals surface area contributed by atoms with E-state index in [0.29, 0.717) is 0 Å². The van der Waals surface area contributed by atoms with Crippen molar-refractivity contribution in [3.63, 3.8) is 0 Å². The Bertz CT molecular complexity index is 434. The molecular formula is C10H8BrClF3NO. The van der Waals surface area contributed by atoms with Crippen molar-refractivity contribution in [3.05, 3.63) is 28.2 Å². The first-order valence-corrected chi connectivity index (χ1v) is 5.76. The summed E-state index contributed by atoms with van der Waals surface area (Å²) in [7, 11) is 0. The second kappa shape index (κ2) is 5.27. The van der Waals surface area contributed by atoms with E-state index in [9.17, 15) is 18.0 Å². The SMILES string of the molecule is CC(Cl)C(=O)Nc1cc(Br)cc(C(F)(F)F)c1. The van der Waals surface area contributed by atoms with Crippen LogP contribution in [0.1, 0.15) is 12.5 Å². The standard InChI is InChI=1S/C10H8BrClF3NO/c1-5(12)9(17)16-8-3-6(10(13,14)15)2-7(11)4-8/h2-5H,1H3,(H,16,17). The van der Waals surface area contributed by atoms with Gasteiger partial charge in [0, 0.05) is 10.2 Å². The normalized spacial score (nSPS) is 13.3. The smallest absolute Gasteiger partial charge is 0.325 e. The molecule has 0 aliphatic heterocycles. The molecule has 2 nitrogen and oxygen atoms in total. The van der Waals surface area contributed by atoms with Crippen LogP contribution in [-0.2, 0) is 11.0 Å². The summed E-state index contributed by atoms with van der Waals surface area (Å²) in [5, 5.41) is 1.48. The molecule has 7 heteroatoms. The third-order valence-corrected chi connectivity index (χ3v) is 2.51. The number of alkyl halides is 4. The summed E-state index contributed by atoms with van der Waals surface area (Å²) < 4.78 is 37.7. The highest BCUT2D eigenvalue weighted by atomic mass is 79.9. The predicted octanol–water partition coefficient (Wildman–Crippen LogP) is 4.03. The van der Waals surface area contributed by atoms with Crippen molar-refractivity contribution < 1.29 is 18.0 Å². The number of anilines is 1. The lowest BCUT2D eigenvalue weighted by atomic mass is 10.2. The fraction of sp³-hybridized carbons (Fsp3) is 0.300. The number of hydrogen-bond donors (Lipinski definition) is 1. The first-order chi connectivity index (χ1) is 7.70. The van der Waals surface area contributed by atoms with Gasteiger partial charge in [-0.1, -0.05) is 15.9 Å². The molecule has 0 saturated carbocycles. The van der Waals surface area contributed by atoms with E-state index in [4.69, 9.17) is 11.6 Å². The summed E-state index contributed by atoms with van der Waals surface area (Å²) >= 11 is 8.45. The van der Waals surface area contributed by atoms with Crippen molar-refractivity contribution >= 4 is 39.1 Å². The number of halogens is 5. The van der Waals surface area contributed by atoms with Gasteiger partial charge in [-0.15, -0.1) is 11.6 Å². The van der Waals surface area contributed by atoms with Crippen LogP contribution in [0.15, 0.2) is 22.7 Å². The second-order valence-corrected chi connectivity index (χ2v) is 4.90. The maximum absolute atomic E-state index is 12.5. The Morgan fingerprint density at radius 1 is 1.41 bits per heavy atom.